The molecule has 0 saturated heterocycles. The standard InChI is InChI=1S/C10H7N3O4/c14-5-7-4-11-12-13(7)6-1-2-9(15)8(3-6)10(16)17/h1-5,15H,(H,16,17). The lowest BCUT2D eigenvalue weighted by atomic mass is 10.2. The fourth-order valence-corrected chi connectivity index (χ4v) is 1.35. The van der Waals surface area contributed by atoms with Gasteiger partial charge in [0.1, 0.15) is 17.0 Å². The average Bonchev–Trinajstić information content (AvgIpc) is 2.77. The molecule has 1 heterocycles. The van der Waals surface area contributed by atoms with Gasteiger partial charge >= 0.3 is 5.97 Å². The maximum Gasteiger partial charge on any atom is 0.339 e. The number of carbonyl (C=O) groups is 2. The molecular formula is C10H7N3O4. The summed E-state index contributed by atoms with van der Waals surface area (Å²) < 4.78 is 1.18. The maximum absolute atomic E-state index is 10.8. The van der Waals surface area contributed by atoms with Crippen LogP contribution < -0.4 is 0 Å². The van der Waals surface area contributed by atoms with Crippen molar-refractivity contribution in [3.63, 3.8) is 0 Å². The van der Waals surface area contributed by atoms with Gasteiger partial charge in [0.15, 0.2) is 6.29 Å². The van der Waals surface area contributed by atoms with Gasteiger partial charge in [-0.3, -0.25) is 4.79 Å². The van der Waals surface area contributed by atoms with Crippen LogP contribution in [0.25, 0.3) is 5.69 Å². The molecule has 0 bridgehead atoms. The highest BCUT2D eigenvalue weighted by atomic mass is 16.4. The summed E-state index contributed by atoms with van der Waals surface area (Å²) in [5.41, 5.74) is 0.252. The molecule has 1 aromatic heterocycles. The van der Waals surface area contributed by atoms with E-state index < -0.39 is 5.97 Å². The summed E-state index contributed by atoms with van der Waals surface area (Å²) in [7, 11) is 0. The summed E-state index contributed by atoms with van der Waals surface area (Å²) in [6, 6.07) is 3.86. The number of benzene rings is 1. The molecule has 0 aliphatic carbocycles. The SMILES string of the molecule is O=Cc1cnnn1-c1ccc(O)c(C(=O)O)c1. The number of phenols is 1. The van der Waals surface area contributed by atoms with Crippen molar-refractivity contribution in [1.29, 1.82) is 0 Å². The van der Waals surface area contributed by atoms with Gasteiger partial charge in [-0.2, -0.15) is 0 Å². The van der Waals surface area contributed by atoms with Crippen molar-refractivity contribution in [2.45, 2.75) is 0 Å². The number of hydrogen-bond donors (Lipinski definition) is 2. The van der Waals surface area contributed by atoms with Gasteiger partial charge in [-0.25, -0.2) is 9.48 Å². The molecule has 2 aromatic rings. The first-order chi connectivity index (χ1) is 8.13. The van der Waals surface area contributed by atoms with Crippen molar-refractivity contribution in [2.24, 2.45) is 0 Å². The topological polar surface area (TPSA) is 105 Å². The van der Waals surface area contributed by atoms with Crippen LogP contribution in [0.2, 0.25) is 0 Å². The van der Waals surface area contributed by atoms with Crippen LogP contribution in [0.4, 0.5) is 0 Å². The quantitative estimate of drug-likeness (QED) is 0.747. The third kappa shape index (κ3) is 1.85. The summed E-state index contributed by atoms with van der Waals surface area (Å²) in [6.07, 6.45) is 1.80. The predicted octanol–water partition coefficient (Wildman–Crippen LogP) is 0.484. The molecule has 0 fully saturated rings. The summed E-state index contributed by atoms with van der Waals surface area (Å²) >= 11 is 0. The minimum atomic E-state index is -1.27. The lowest BCUT2D eigenvalue weighted by molar-refractivity contribution is 0.0693. The van der Waals surface area contributed by atoms with Crippen LogP contribution in [0.3, 0.4) is 0 Å². The van der Waals surface area contributed by atoms with E-state index in [1.54, 1.807) is 0 Å². The molecule has 7 heteroatoms. The van der Waals surface area contributed by atoms with Crippen LogP contribution in [0.5, 0.6) is 5.75 Å². The van der Waals surface area contributed by atoms with Gasteiger partial charge in [0.05, 0.1) is 11.9 Å². The number of hydrogen-bond acceptors (Lipinski definition) is 5. The van der Waals surface area contributed by atoms with Crippen molar-refractivity contribution in [3.8, 4) is 11.4 Å². The van der Waals surface area contributed by atoms with Crippen molar-refractivity contribution >= 4 is 12.3 Å². The van der Waals surface area contributed by atoms with E-state index in [0.29, 0.717) is 12.0 Å². The predicted molar refractivity (Wildman–Crippen MR) is 55.4 cm³/mol. The number of carboxylic acids is 1. The second kappa shape index (κ2) is 4.05. The molecule has 0 amide bonds. The fourth-order valence-electron chi connectivity index (χ4n) is 1.35. The van der Waals surface area contributed by atoms with E-state index in [0.717, 1.165) is 0 Å². The zero-order valence-corrected chi connectivity index (χ0v) is 8.44. The molecule has 0 spiro atoms. The Morgan fingerprint density at radius 3 is 2.82 bits per heavy atom. The Morgan fingerprint density at radius 1 is 1.41 bits per heavy atom. The van der Waals surface area contributed by atoms with Gasteiger partial charge in [-0.1, -0.05) is 5.21 Å². The normalized spacial score (nSPS) is 10.1. The molecule has 2 N–H and O–H groups in total. The number of rotatable bonds is 3. The number of aromatic hydroxyl groups is 1. The Morgan fingerprint density at radius 2 is 2.18 bits per heavy atom. The van der Waals surface area contributed by atoms with Crippen LogP contribution >= 0.6 is 0 Å². The van der Waals surface area contributed by atoms with Gasteiger partial charge in [0, 0.05) is 0 Å². The number of carbonyl (C=O) groups excluding carboxylic acids is 1. The Hall–Kier alpha value is -2.70. The molecule has 1 aromatic carbocycles. The van der Waals surface area contributed by atoms with Gasteiger partial charge in [-0.05, 0) is 18.2 Å². The highest BCUT2D eigenvalue weighted by Gasteiger charge is 2.13. The Labute approximate surface area is 94.9 Å². The molecule has 0 unspecified atom stereocenters. The minimum Gasteiger partial charge on any atom is -0.507 e. The van der Waals surface area contributed by atoms with Crippen LogP contribution in [-0.4, -0.2) is 37.5 Å². The first kappa shape index (κ1) is 10.8. The number of nitrogens with zero attached hydrogens (tertiary/aromatic N) is 3. The molecule has 0 radical (unpaired) electrons. The van der Waals surface area contributed by atoms with Crippen molar-refractivity contribution in [3.05, 3.63) is 35.7 Å². The minimum absolute atomic E-state index is 0.187. The second-order valence-corrected chi connectivity index (χ2v) is 3.20. The smallest absolute Gasteiger partial charge is 0.339 e. The lowest BCUT2D eigenvalue weighted by Gasteiger charge is -2.05. The first-order valence-electron chi connectivity index (χ1n) is 4.56. The van der Waals surface area contributed by atoms with Crippen molar-refractivity contribution in [1.82, 2.24) is 15.0 Å². The molecule has 86 valence electrons. The second-order valence-electron chi connectivity index (χ2n) is 3.20. The molecule has 0 aliphatic rings. The highest BCUT2D eigenvalue weighted by molar-refractivity contribution is 5.91. The molecule has 0 saturated carbocycles. The molecule has 2 rings (SSSR count). The zero-order valence-electron chi connectivity index (χ0n) is 8.44. The third-order valence-electron chi connectivity index (χ3n) is 2.15. The van der Waals surface area contributed by atoms with E-state index in [9.17, 15) is 14.7 Å². The van der Waals surface area contributed by atoms with E-state index in [1.165, 1.54) is 29.1 Å². The van der Waals surface area contributed by atoms with Crippen LogP contribution in [0.1, 0.15) is 20.8 Å². The summed E-state index contributed by atoms with van der Waals surface area (Å²) in [5.74, 6) is -1.62. The number of aromatic carboxylic acids is 1. The molecular weight excluding hydrogens is 226 g/mol. The third-order valence-corrected chi connectivity index (χ3v) is 2.15. The highest BCUT2D eigenvalue weighted by Crippen LogP contribution is 2.20. The van der Waals surface area contributed by atoms with Crippen molar-refractivity contribution in [2.75, 3.05) is 0 Å². The van der Waals surface area contributed by atoms with E-state index in [2.05, 4.69) is 10.3 Å². The Kier molecular flexibility index (Phi) is 2.57. The number of aldehydes is 1. The average molecular weight is 233 g/mol. The summed E-state index contributed by atoms with van der Waals surface area (Å²) in [6.45, 7) is 0. The number of carboxylic acid groups (broad SMARTS) is 1. The van der Waals surface area contributed by atoms with E-state index in [-0.39, 0.29) is 17.0 Å². The summed E-state index contributed by atoms with van der Waals surface area (Å²) in [5, 5.41) is 25.4. The summed E-state index contributed by atoms with van der Waals surface area (Å²) in [4.78, 5) is 21.5. The maximum atomic E-state index is 10.8. The largest absolute Gasteiger partial charge is 0.507 e. The van der Waals surface area contributed by atoms with Gasteiger partial charge in [0.2, 0.25) is 0 Å². The van der Waals surface area contributed by atoms with Crippen LogP contribution in [0.15, 0.2) is 24.4 Å². The van der Waals surface area contributed by atoms with Gasteiger partial charge in [0.25, 0.3) is 0 Å². The van der Waals surface area contributed by atoms with Gasteiger partial charge < -0.3 is 10.2 Å². The monoisotopic (exact) mass is 233 g/mol. The van der Waals surface area contributed by atoms with Gasteiger partial charge in [-0.15, -0.1) is 5.10 Å². The lowest BCUT2D eigenvalue weighted by Crippen LogP contribution is -2.04. The van der Waals surface area contributed by atoms with Crippen molar-refractivity contribution < 1.29 is 19.8 Å². The molecule has 0 aliphatic heterocycles. The van der Waals surface area contributed by atoms with Crippen LogP contribution in [0, 0.1) is 0 Å². The van der Waals surface area contributed by atoms with E-state index in [1.807, 2.05) is 0 Å². The first-order valence-corrected chi connectivity index (χ1v) is 4.56. The van der Waals surface area contributed by atoms with E-state index in [4.69, 9.17) is 5.11 Å². The van der Waals surface area contributed by atoms with Crippen LogP contribution in [-0.2, 0) is 0 Å². The Balaban J connectivity index is 2.57. The fraction of sp³-hybridized carbons (Fsp3) is 0. The van der Waals surface area contributed by atoms with E-state index >= 15 is 0 Å². The molecule has 17 heavy (non-hydrogen) atoms. The zero-order chi connectivity index (χ0) is 12.4. The molecule has 0 atom stereocenters. The molecule has 7 nitrogen and oxygen atoms in total. The Bertz CT molecular complexity index is 591. The number of aromatic nitrogens is 3.